The van der Waals surface area contributed by atoms with Gasteiger partial charge in [0, 0.05) is 5.69 Å². The summed E-state index contributed by atoms with van der Waals surface area (Å²) in [6, 6.07) is 7.33. The third-order valence-electron chi connectivity index (χ3n) is 2.83. The van der Waals surface area contributed by atoms with E-state index in [1.165, 1.54) is 0 Å². The summed E-state index contributed by atoms with van der Waals surface area (Å²) in [6.07, 6.45) is 0. The summed E-state index contributed by atoms with van der Waals surface area (Å²) < 4.78 is 0. The fraction of sp³-hybridized carbons (Fsp3) is 0.500. The Morgan fingerprint density at radius 1 is 1.18 bits per heavy atom. The molecular weight excluding hydrogens is 214 g/mol. The molecule has 0 unspecified atom stereocenters. The number of carboxylic acids is 1. The molecule has 94 valence electrons. The Morgan fingerprint density at radius 2 is 1.76 bits per heavy atom. The minimum atomic E-state index is -0.807. The van der Waals surface area contributed by atoms with Crippen LogP contribution in [0, 0.1) is 5.92 Å². The van der Waals surface area contributed by atoms with Crippen LogP contribution in [0.15, 0.2) is 24.3 Å². The van der Waals surface area contributed by atoms with Crippen molar-refractivity contribution in [2.24, 2.45) is 5.92 Å². The molecule has 0 aliphatic rings. The van der Waals surface area contributed by atoms with Gasteiger partial charge in [0.15, 0.2) is 0 Å². The Balaban J connectivity index is 2.97. The highest BCUT2D eigenvalue weighted by Gasteiger charge is 2.22. The smallest absolute Gasteiger partial charge is 0.326 e. The first kappa shape index (κ1) is 13.6. The van der Waals surface area contributed by atoms with E-state index < -0.39 is 12.0 Å². The van der Waals surface area contributed by atoms with Gasteiger partial charge >= 0.3 is 5.97 Å². The van der Waals surface area contributed by atoms with E-state index in [0.29, 0.717) is 5.92 Å². The highest BCUT2D eigenvalue weighted by atomic mass is 16.4. The van der Waals surface area contributed by atoms with Gasteiger partial charge in [-0.25, -0.2) is 4.79 Å². The molecule has 0 heterocycles. The molecule has 17 heavy (non-hydrogen) atoms. The molecule has 1 atom stereocenters. The minimum Gasteiger partial charge on any atom is -0.480 e. The minimum absolute atomic E-state index is 0.0488. The second kappa shape index (κ2) is 5.71. The number of para-hydroxylation sites is 1. The van der Waals surface area contributed by atoms with E-state index in [2.05, 4.69) is 19.2 Å². The number of aliphatic carboxylic acids is 1. The maximum Gasteiger partial charge on any atom is 0.326 e. The van der Waals surface area contributed by atoms with Crippen molar-refractivity contribution < 1.29 is 9.90 Å². The molecule has 0 aliphatic carbocycles. The Hall–Kier alpha value is -1.51. The molecule has 0 spiro atoms. The zero-order chi connectivity index (χ0) is 13.0. The second-order valence-electron chi connectivity index (χ2n) is 4.95. The lowest BCUT2D eigenvalue weighted by molar-refractivity contribution is -0.138. The molecule has 3 nitrogen and oxygen atoms in total. The molecule has 0 bridgehead atoms. The quantitative estimate of drug-likeness (QED) is 0.823. The molecule has 0 saturated heterocycles. The van der Waals surface area contributed by atoms with Crippen LogP contribution in [0.25, 0.3) is 0 Å². The van der Waals surface area contributed by atoms with Gasteiger partial charge in [-0.2, -0.15) is 0 Å². The summed E-state index contributed by atoms with van der Waals surface area (Å²) in [5.74, 6) is -0.383. The van der Waals surface area contributed by atoms with Crippen molar-refractivity contribution in [1.82, 2.24) is 0 Å². The number of hydrogen-bond donors (Lipinski definition) is 2. The van der Waals surface area contributed by atoms with Gasteiger partial charge < -0.3 is 10.4 Å². The van der Waals surface area contributed by atoms with Crippen molar-refractivity contribution >= 4 is 11.7 Å². The molecular formula is C14H21NO2. The highest BCUT2D eigenvalue weighted by Crippen LogP contribution is 2.25. The normalized spacial score (nSPS) is 12.8. The number of carbonyl (C=O) groups is 1. The predicted molar refractivity (Wildman–Crippen MR) is 70.4 cm³/mol. The molecule has 3 heteroatoms. The largest absolute Gasteiger partial charge is 0.480 e. The second-order valence-corrected chi connectivity index (χ2v) is 4.95. The number of carboxylic acid groups (broad SMARTS) is 1. The highest BCUT2D eigenvalue weighted by molar-refractivity contribution is 5.78. The third-order valence-corrected chi connectivity index (χ3v) is 2.83. The topological polar surface area (TPSA) is 49.3 Å². The summed E-state index contributed by atoms with van der Waals surface area (Å²) in [7, 11) is 0. The van der Waals surface area contributed by atoms with Gasteiger partial charge in [-0.3, -0.25) is 0 Å². The first-order chi connectivity index (χ1) is 7.93. The molecule has 0 saturated carbocycles. The van der Waals surface area contributed by atoms with E-state index in [-0.39, 0.29) is 5.92 Å². The summed E-state index contributed by atoms with van der Waals surface area (Å²) >= 11 is 0. The fourth-order valence-electron chi connectivity index (χ4n) is 1.81. The van der Waals surface area contributed by atoms with Crippen molar-refractivity contribution in [3.8, 4) is 0 Å². The van der Waals surface area contributed by atoms with Crippen LogP contribution < -0.4 is 5.32 Å². The molecule has 1 aromatic rings. The zero-order valence-corrected chi connectivity index (χ0v) is 10.9. The number of hydrogen-bond acceptors (Lipinski definition) is 2. The van der Waals surface area contributed by atoms with E-state index in [1.54, 1.807) is 0 Å². The first-order valence-electron chi connectivity index (χ1n) is 6.01. The van der Waals surface area contributed by atoms with Gasteiger partial charge in [0.1, 0.15) is 6.04 Å². The number of nitrogens with one attached hydrogen (secondary N) is 1. The van der Waals surface area contributed by atoms with E-state index in [0.717, 1.165) is 11.3 Å². The van der Waals surface area contributed by atoms with Crippen molar-refractivity contribution in [1.29, 1.82) is 0 Å². The van der Waals surface area contributed by atoms with Gasteiger partial charge in [0.05, 0.1) is 0 Å². The standard InChI is InChI=1S/C14H21NO2/c1-9(2)11-7-5-6-8-12(11)15-13(10(3)4)14(16)17/h5-10,13,15H,1-4H3,(H,16,17)/t13-/m0/s1. The predicted octanol–water partition coefficient (Wildman–Crippen LogP) is 3.33. The van der Waals surface area contributed by atoms with Crippen molar-refractivity contribution in [3.05, 3.63) is 29.8 Å². The molecule has 0 fully saturated rings. The SMILES string of the molecule is CC(C)c1ccccc1N[C@H](C(=O)O)C(C)C. The lowest BCUT2D eigenvalue weighted by atomic mass is 9.99. The lowest BCUT2D eigenvalue weighted by Gasteiger charge is -2.22. The van der Waals surface area contributed by atoms with Crippen molar-refractivity contribution in [3.63, 3.8) is 0 Å². The zero-order valence-electron chi connectivity index (χ0n) is 10.9. The maximum absolute atomic E-state index is 11.2. The van der Waals surface area contributed by atoms with Crippen LogP contribution in [0.5, 0.6) is 0 Å². The van der Waals surface area contributed by atoms with Crippen LogP contribution in [0.1, 0.15) is 39.2 Å². The van der Waals surface area contributed by atoms with Crippen molar-refractivity contribution in [2.45, 2.75) is 39.7 Å². The Morgan fingerprint density at radius 3 is 2.24 bits per heavy atom. The summed E-state index contributed by atoms with van der Waals surface area (Å²) in [5, 5.41) is 12.3. The van der Waals surface area contributed by atoms with Gasteiger partial charge in [-0.1, -0.05) is 45.9 Å². The monoisotopic (exact) mass is 235 g/mol. The van der Waals surface area contributed by atoms with E-state index >= 15 is 0 Å². The molecule has 1 rings (SSSR count). The van der Waals surface area contributed by atoms with Gasteiger partial charge in [0.25, 0.3) is 0 Å². The Bertz CT molecular complexity index is 386. The lowest BCUT2D eigenvalue weighted by Crippen LogP contribution is -2.34. The fourth-order valence-corrected chi connectivity index (χ4v) is 1.81. The molecule has 0 amide bonds. The number of benzene rings is 1. The van der Waals surface area contributed by atoms with Crippen LogP contribution in [0.2, 0.25) is 0 Å². The first-order valence-corrected chi connectivity index (χ1v) is 6.01. The van der Waals surface area contributed by atoms with Crippen LogP contribution >= 0.6 is 0 Å². The van der Waals surface area contributed by atoms with E-state index in [9.17, 15) is 9.90 Å². The summed E-state index contributed by atoms with van der Waals surface area (Å²) in [4.78, 5) is 11.2. The van der Waals surface area contributed by atoms with Crippen LogP contribution in [0.3, 0.4) is 0 Å². The molecule has 1 aromatic carbocycles. The third kappa shape index (κ3) is 3.48. The van der Waals surface area contributed by atoms with Crippen LogP contribution in [0.4, 0.5) is 5.69 Å². The van der Waals surface area contributed by atoms with Crippen LogP contribution in [-0.2, 0) is 4.79 Å². The van der Waals surface area contributed by atoms with E-state index in [4.69, 9.17) is 0 Å². The molecule has 2 N–H and O–H groups in total. The molecule has 0 radical (unpaired) electrons. The number of rotatable bonds is 5. The summed E-state index contributed by atoms with van der Waals surface area (Å²) in [5.41, 5.74) is 2.07. The summed E-state index contributed by atoms with van der Waals surface area (Å²) in [6.45, 7) is 8.02. The van der Waals surface area contributed by atoms with E-state index in [1.807, 2.05) is 38.1 Å². The average Bonchev–Trinajstić information content (AvgIpc) is 2.25. The Kier molecular flexibility index (Phi) is 4.55. The average molecular weight is 235 g/mol. The van der Waals surface area contributed by atoms with Crippen LogP contribution in [-0.4, -0.2) is 17.1 Å². The van der Waals surface area contributed by atoms with Gasteiger partial charge in [-0.05, 0) is 23.5 Å². The maximum atomic E-state index is 11.2. The van der Waals surface area contributed by atoms with Gasteiger partial charge in [0.2, 0.25) is 0 Å². The van der Waals surface area contributed by atoms with Crippen molar-refractivity contribution in [2.75, 3.05) is 5.32 Å². The Labute approximate surface area is 103 Å². The van der Waals surface area contributed by atoms with Gasteiger partial charge in [-0.15, -0.1) is 0 Å². The molecule has 0 aromatic heterocycles. The molecule has 0 aliphatic heterocycles. The number of anilines is 1.